The fraction of sp³-hybridized carbons (Fsp3) is 0.611. The Labute approximate surface area is 133 Å². The Morgan fingerprint density at radius 2 is 2.09 bits per heavy atom. The predicted octanol–water partition coefficient (Wildman–Crippen LogP) is 3.06. The summed E-state index contributed by atoms with van der Waals surface area (Å²) in [4.78, 5) is 14.0. The summed E-state index contributed by atoms with van der Waals surface area (Å²) in [7, 11) is 4.05. The molecular formula is C18H27NO3. The second-order valence-electron chi connectivity index (χ2n) is 6.71. The van der Waals surface area contributed by atoms with Crippen LogP contribution in [-0.2, 0) is 16.0 Å². The zero-order valence-electron chi connectivity index (χ0n) is 14.3. The fourth-order valence-corrected chi connectivity index (χ4v) is 2.66. The maximum Gasteiger partial charge on any atom is 0.308 e. The summed E-state index contributed by atoms with van der Waals surface area (Å²) in [5.74, 6) is 0.925. The Balaban J connectivity index is 2.09. The van der Waals surface area contributed by atoms with E-state index in [0.717, 1.165) is 24.3 Å². The van der Waals surface area contributed by atoms with Crippen LogP contribution in [0, 0.1) is 11.8 Å². The average molecular weight is 305 g/mol. The van der Waals surface area contributed by atoms with Gasteiger partial charge in [0.15, 0.2) is 0 Å². The van der Waals surface area contributed by atoms with Gasteiger partial charge in [0.2, 0.25) is 0 Å². The van der Waals surface area contributed by atoms with Gasteiger partial charge in [-0.3, -0.25) is 4.79 Å². The monoisotopic (exact) mass is 305 g/mol. The summed E-state index contributed by atoms with van der Waals surface area (Å²) < 4.78 is 11.5. The minimum Gasteiger partial charge on any atom is -0.492 e. The first-order valence-corrected chi connectivity index (χ1v) is 7.99. The van der Waals surface area contributed by atoms with Gasteiger partial charge in [-0.15, -0.1) is 0 Å². The Morgan fingerprint density at radius 3 is 2.73 bits per heavy atom. The highest BCUT2D eigenvalue weighted by molar-refractivity contribution is 5.72. The number of carbonyl (C=O) groups is 1. The van der Waals surface area contributed by atoms with Crippen molar-refractivity contribution in [2.75, 3.05) is 27.2 Å². The third-order valence-corrected chi connectivity index (χ3v) is 4.00. The van der Waals surface area contributed by atoms with Crippen molar-refractivity contribution in [3.05, 3.63) is 29.3 Å². The van der Waals surface area contributed by atoms with E-state index in [9.17, 15) is 4.79 Å². The van der Waals surface area contributed by atoms with E-state index in [1.807, 2.05) is 40.1 Å². The number of nitrogens with zero attached hydrogens (tertiary/aromatic N) is 1. The standard InChI is InChI=1S/C18H27NO3/c1-12(2)18(20)22-17-13(3)10-14-6-7-15(11-16(14)17)21-9-8-19(4)5/h6-7,11-13,17H,8-10H2,1-5H3/t13-,17-/m0/s1. The van der Waals surface area contributed by atoms with E-state index < -0.39 is 0 Å². The van der Waals surface area contributed by atoms with Crippen LogP contribution >= 0.6 is 0 Å². The van der Waals surface area contributed by atoms with Crippen LogP contribution in [0.25, 0.3) is 0 Å². The second kappa shape index (κ2) is 7.14. The molecule has 2 atom stereocenters. The highest BCUT2D eigenvalue weighted by atomic mass is 16.5. The van der Waals surface area contributed by atoms with Crippen molar-refractivity contribution in [2.45, 2.75) is 33.3 Å². The normalized spacial score (nSPS) is 20.3. The molecule has 0 saturated heterocycles. The van der Waals surface area contributed by atoms with E-state index in [-0.39, 0.29) is 18.0 Å². The molecule has 1 aromatic rings. The van der Waals surface area contributed by atoms with Gasteiger partial charge >= 0.3 is 5.97 Å². The molecule has 0 bridgehead atoms. The maximum absolute atomic E-state index is 11.9. The number of hydrogen-bond acceptors (Lipinski definition) is 4. The summed E-state index contributed by atoms with van der Waals surface area (Å²) in [6.07, 6.45) is 0.797. The van der Waals surface area contributed by atoms with Crippen molar-refractivity contribution >= 4 is 5.97 Å². The van der Waals surface area contributed by atoms with Crippen molar-refractivity contribution in [3.8, 4) is 5.75 Å². The SMILES string of the molecule is CC(C)C(=O)O[C@@H]1c2cc(OCCN(C)C)ccc2C[C@@H]1C. The third kappa shape index (κ3) is 4.01. The van der Waals surface area contributed by atoms with E-state index in [2.05, 4.69) is 17.9 Å². The molecular weight excluding hydrogens is 278 g/mol. The molecule has 1 aliphatic carbocycles. The molecule has 0 radical (unpaired) electrons. The third-order valence-electron chi connectivity index (χ3n) is 4.00. The van der Waals surface area contributed by atoms with Crippen LogP contribution in [-0.4, -0.2) is 38.1 Å². The van der Waals surface area contributed by atoms with Gasteiger partial charge in [0.25, 0.3) is 0 Å². The molecule has 4 heteroatoms. The molecule has 1 aromatic carbocycles. The topological polar surface area (TPSA) is 38.8 Å². The zero-order chi connectivity index (χ0) is 16.3. The first kappa shape index (κ1) is 16.8. The number of fused-ring (bicyclic) bond motifs is 1. The quantitative estimate of drug-likeness (QED) is 0.757. The molecule has 1 aliphatic rings. The van der Waals surface area contributed by atoms with Gasteiger partial charge in [-0.1, -0.05) is 26.8 Å². The van der Waals surface area contributed by atoms with Crippen LogP contribution in [0.4, 0.5) is 0 Å². The van der Waals surface area contributed by atoms with Crippen molar-refractivity contribution in [1.29, 1.82) is 0 Å². The van der Waals surface area contributed by atoms with E-state index in [0.29, 0.717) is 12.5 Å². The molecule has 0 amide bonds. The van der Waals surface area contributed by atoms with Crippen LogP contribution < -0.4 is 4.74 Å². The van der Waals surface area contributed by atoms with Gasteiger partial charge in [0.05, 0.1) is 5.92 Å². The highest BCUT2D eigenvalue weighted by Gasteiger charge is 2.33. The molecule has 0 N–H and O–H groups in total. The Morgan fingerprint density at radius 1 is 1.36 bits per heavy atom. The molecule has 22 heavy (non-hydrogen) atoms. The number of carbonyl (C=O) groups excluding carboxylic acids is 1. The number of esters is 1. The lowest BCUT2D eigenvalue weighted by molar-refractivity contribution is -0.155. The van der Waals surface area contributed by atoms with E-state index in [1.165, 1.54) is 5.56 Å². The number of likely N-dealkylation sites (N-methyl/N-ethyl adjacent to an activating group) is 1. The lowest BCUT2D eigenvalue weighted by atomic mass is 10.1. The minimum absolute atomic E-state index is 0.101. The van der Waals surface area contributed by atoms with Crippen LogP contribution in [0.2, 0.25) is 0 Å². The minimum atomic E-state index is -0.151. The van der Waals surface area contributed by atoms with Gasteiger partial charge in [0.1, 0.15) is 18.5 Å². The molecule has 0 spiro atoms. The smallest absolute Gasteiger partial charge is 0.308 e. The molecule has 0 saturated carbocycles. The second-order valence-corrected chi connectivity index (χ2v) is 6.71. The summed E-state index contributed by atoms with van der Waals surface area (Å²) >= 11 is 0. The van der Waals surface area contributed by atoms with Crippen LogP contribution in [0.15, 0.2) is 18.2 Å². The van der Waals surface area contributed by atoms with Gasteiger partial charge < -0.3 is 14.4 Å². The molecule has 122 valence electrons. The predicted molar refractivity (Wildman–Crippen MR) is 87.0 cm³/mol. The van der Waals surface area contributed by atoms with Crippen molar-refractivity contribution in [1.82, 2.24) is 4.90 Å². The van der Waals surface area contributed by atoms with Crippen molar-refractivity contribution in [2.24, 2.45) is 11.8 Å². The Bertz CT molecular complexity index is 525. The van der Waals surface area contributed by atoms with Crippen molar-refractivity contribution in [3.63, 3.8) is 0 Å². The molecule has 0 heterocycles. The summed E-state index contributed by atoms with van der Waals surface area (Å²) in [5, 5.41) is 0. The Hall–Kier alpha value is -1.55. The number of benzene rings is 1. The number of hydrogen-bond donors (Lipinski definition) is 0. The molecule has 2 rings (SSSR count). The molecule has 0 aromatic heterocycles. The lowest BCUT2D eigenvalue weighted by Gasteiger charge is -2.19. The Kier molecular flexibility index (Phi) is 5.46. The summed E-state index contributed by atoms with van der Waals surface area (Å²) in [6.45, 7) is 7.38. The van der Waals surface area contributed by atoms with Gasteiger partial charge in [-0.25, -0.2) is 0 Å². The van der Waals surface area contributed by atoms with Crippen LogP contribution in [0.3, 0.4) is 0 Å². The molecule has 4 nitrogen and oxygen atoms in total. The lowest BCUT2D eigenvalue weighted by Crippen LogP contribution is -2.19. The summed E-state index contributed by atoms with van der Waals surface area (Å²) in [6, 6.07) is 6.14. The van der Waals surface area contributed by atoms with Gasteiger partial charge in [-0.05, 0) is 43.8 Å². The van der Waals surface area contributed by atoms with Crippen LogP contribution in [0.1, 0.15) is 38.0 Å². The van der Waals surface area contributed by atoms with Gasteiger partial charge in [-0.2, -0.15) is 0 Å². The number of ether oxygens (including phenoxy) is 2. The molecule has 0 fully saturated rings. The molecule has 0 aliphatic heterocycles. The van der Waals surface area contributed by atoms with Crippen LogP contribution in [0.5, 0.6) is 5.75 Å². The van der Waals surface area contributed by atoms with E-state index in [1.54, 1.807) is 0 Å². The average Bonchev–Trinajstić information content (AvgIpc) is 2.74. The first-order valence-electron chi connectivity index (χ1n) is 7.99. The van der Waals surface area contributed by atoms with Crippen molar-refractivity contribution < 1.29 is 14.3 Å². The van der Waals surface area contributed by atoms with Gasteiger partial charge in [0, 0.05) is 12.5 Å². The first-order chi connectivity index (χ1) is 10.4. The highest BCUT2D eigenvalue weighted by Crippen LogP contribution is 2.40. The fourth-order valence-electron chi connectivity index (χ4n) is 2.66. The largest absolute Gasteiger partial charge is 0.492 e. The van der Waals surface area contributed by atoms with E-state index in [4.69, 9.17) is 9.47 Å². The van der Waals surface area contributed by atoms with E-state index >= 15 is 0 Å². The zero-order valence-corrected chi connectivity index (χ0v) is 14.3. The molecule has 0 unspecified atom stereocenters. The maximum atomic E-state index is 11.9. The summed E-state index contributed by atoms with van der Waals surface area (Å²) in [5.41, 5.74) is 2.36. The number of rotatable bonds is 6.